The van der Waals surface area contributed by atoms with Gasteiger partial charge in [-0.3, -0.25) is 0 Å². The number of unbranched alkanes of at least 4 members (excludes halogenated alkanes) is 12. The highest BCUT2D eigenvalue weighted by Crippen LogP contribution is 2.19. The lowest BCUT2D eigenvalue weighted by molar-refractivity contribution is 0.554. The van der Waals surface area contributed by atoms with E-state index in [4.69, 9.17) is 40.6 Å². The lowest BCUT2D eigenvalue weighted by Crippen LogP contribution is -2.24. The molecule has 0 fully saturated rings. The van der Waals surface area contributed by atoms with Crippen LogP contribution >= 0.6 is 10.7 Å². The van der Waals surface area contributed by atoms with Gasteiger partial charge in [0, 0.05) is 23.8 Å². The van der Waals surface area contributed by atoms with E-state index in [1.807, 2.05) is 6.07 Å². The van der Waals surface area contributed by atoms with Crippen molar-refractivity contribution in [3.05, 3.63) is 101 Å². The fourth-order valence-corrected chi connectivity index (χ4v) is 7.90. The van der Waals surface area contributed by atoms with Gasteiger partial charge in [0.15, 0.2) is 11.4 Å². The lowest BCUT2D eigenvalue weighted by atomic mass is 10.1. The van der Waals surface area contributed by atoms with Crippen molar-refractivity contribution in [1.82, 2.24) is 9.44 Å². The normalized spacial score (nSPS) is 11.1. The third-order valence-corrected chi connectivity index (χ3v) is 12.5. The summed E-state index contributed by atoms with van der Waals surface area (Å²) in [6.45, 7) is 15.9. The summed E-state index contributed by atoms with van der Waals surface area (Å²) in [6, 6.07) is 19.0. The largest absolute Gasteiger partial charge is 0.330 e. The van der Waals surface area contributed by atoms with E-state index in [0.29, 0.717) is 30.0 Å². The van der Waals surface area contributed by atoms with E-state index in [1.54, 1.807) is 0 Å². The Labute approximate surface area is 339 Å². The monoisotopic (exact) mass is 847 g/mol. The number of sulfonamides is 2. The number of nitrogens with one attached hydrogen (secondary N) is 2. The van der Waals surface area contributed by atoms with Crippen molar-refractivity contribution >= 4 is 51.2 Å². The first-order valence-corrected chi connectivity index (χ1v) is 23.8. The molecule has 306 valence electrons. The first-order chi connectivity index (χ1) is 26.7. The fraction of sp³-hybridized carbons (Fsp3) is 0.462. The average Bonchev–Trinajstić information content (AvgIpc) is 3.19. The van der Waals surface area contributed by atoms with Crippen LogP contribution < -0.4 is 20.9 Å². The number of hydrogen-bond acceptors (Lipinski definition) is 9. The second-order valence-corrected chi connectivity index (χ2v) is 18.7. The summed E-state index contributed by atoms with van der Waals surface area (Å²) >= 11 is 0. The molecule has 56 heavy (non-hydrogen) atoms. The molecule has 0 aliphatic rings. The summed E-state index contributed by atoms with van der Waals surface area (Å²) < 4.78 is 75.4. The number of nitrogens with two attached hydrogens (primary N) is 2. The molecule has 0 atom stereocenters. The quantitative estimate of drug-likeness (QED) is 0.0415. The van der Waals surface area contributed by atoms with Gasteiger partial charge in [-0.2, -0.15) is 5.26 Å². The number of benzene rings is 3. The molecule has 17 heteroatoms. The van der Waals surface area contributed by atoms with E-state index >= 15 is 0 Å². The zero-order valence-corrected chi connectivity index (χ0v) is 34.9. The van der Waals surface area contributed by atoms with Crippen LogP contribution in [-0.4, -0.2) is 51.4 Å². The van der Waals surface area contributed by atoms with E-state index in [0.717, 1.165) is 58.0 Å². The van der Waals surface area contributed by atoms with Crippen LogP contribution in [0.3, 0.4) is 0 Å². The molecule has 0 saturated carbocycles. The smallest absolute Gasteiger partial charge is 0.261 e. The molecule has 0 radical (unpaired) electrons. The van der Waals surface area contributed by atoms with Crippen LogP contribution in [0.1, 0.15) is 95.5 Å². The molecule has 0 aliphatic carbocycles. The molecule has 0 spiro atoms. The van der Waals surface area contributed by atoms with E-state index in [-0.39, 0.29) is 14.7 Å². The first-order valence-electron chi connectivity index (χ1n) is 18.5. The Kier molecular flexibility index (Phi) is 25.5. The van der Waals surface area contributed by atoms with Crippen molar-refractivity contribution < 1.29 is 25.3 Å². The van der Waals surface area contributed by atoms with Crippen LogP contribution in [0.4, 0.5) is 11.4 Å². The van der Waals surface area contributed by atoms with E-state index in [2.05, 4.69) is 19.1 Å². The fourth-order valence-electron chi connectivity index (χ4n) is 4.98. The zero-order valence-electron chi connectivity index (χ0n) is 31.7. The van der Waals surface area contributed by atoms with Gasteiger partial charge in [-0.1, -0.05) is 113 Å². The Morgan fingerprint density at radius 2 is 0.821 bits per heavy atom. The summed E-state index contributed by atoms with van der Waals surface area (Å²) in [5, 5.41) is 8.78. The molecule has 0 saturated heterocycles. The van der Waals surface area contributed by atoms with Gasteiger partial charge in [0.2, 0.25) is 20.0 Å². The minimum Gasteiger partial charge on any atom is -0.330 e. The Balaban J connectivity index is 0.000000552. The maximum atomic E-state index is 12.2. The third kappa shape index (κ3) is 22.0. The average molecular weight is 849 g/mol. The molecule has 3 rings (SSSR count). The first kappa shape index (κ1) is 50.1. The van der Waals surface area contributed by atoms with Crippen molar-refractivity contribution in [1.29, 1.82) is 5.26 Å². The van der Waals surface area contributed by atoms with Crippen molar-refractivity contribution in [3.63, 3.8) is 0 Å². The molecule has 13 nitrogen and oxygen atoms in total. The highest BCUT2D eigenvalue weighted by molar-refractivity contribution is 8.13. The van der Waals surface area contributed by atoms with Crippen LogP contribution in [0.5, 0.6) is 0 Å². The van der Waals surface area contributed by atoms with Gasteiger partial charge in [0.25, 0.3) is 9.05 Å². The summed E-state index contributed by atoms with van der Waals surface area (Å²) in [5.41, 5.74) is 12.0. The zero-order chi connectivity index (χ0) is 41.7. The second kappa shape index (κ2) is 28.5. The van der Waals surface area contributed by atoms with Crippen molar-refractivity contribution in [2.24, 2.45) is 11.5 Å². The molecule has 0 bridgehead atoms. The molecule has 0 heterocycles. The van der Waals surface area contributed by atoms with Crippen LogP contribution in [-0.2, 0) is 29.1 Å². The van der Waals surface area contributed by atoms with Crippen molar-refractivity contribution in [2.45, 2.75) is 105 Å². The Hall–Kier alpha value is -3.89. The van der Waals surface area contributed by atoms with Gasteiger partial charge in [-0.25, -0.2) is 44.4 Å². The van der Waals surface area contributed by atoms with E-state index < -0.39 is 29.1 Å². The van der Waals surface area contributed by atoms with Gasteiger partial charge >= 0.3 is 0 Å². The Morgan fingerprint density at radius 1 is 0.518 bits per heavy atom. The molecule has 0 aromatic heterocycles. The lowest BCUT2D eigenvalue weighted by Gasteiger charge is -2.08. The Bertz CT molecular complexity index is 1910. The number of nitriles is 1. The SMILES string of the molecule is NCCCCCCCCCN.[C-]#[N+]c1ccc(S(=O)(=O)Cl)cc1.[C-]#[N+]c1ccc(S(=O)(=O)NCCCCCCCCCNS(=O)(=O)c2ccc(C#N)cc2)cc1. The predicted octanol–water partition coefficient (Wildman–Crippen LogP) is 7.90. The van der Waals surface area contributed by atoms with Crippen LogP contribution in [0, 0.1) is 24.5 Å². The van der Waals surface area contributed by atoms with Gasteiger partial charge in [-0.15, -0.1) is 0 Å². The molecule has 0 aliphatic heterocycles. The number of hydrogen-bond donors (Lipinski definition) is 4. The number of nitrogens with zero attached hydrogens (tertiary/aromatic N) is 3. The van der Waals surface area contributed by atoms with Gasteiger partial charge in [0.05, 0.1) is 39.5 Å². The maximum Gasteiger partial charge on any atom is 0.261 e. The minimum atomic E-state index is -3.66. The molecule has 6 N–H and O–H groups in total. The van der Waals surface area contributed by atoms with Crippen molar-refractivity contribution in [2.75, 3.05) is 26.2 Å². The van der Waals surface area contributed by atoms with E-state index in [9.17, 15) is 25.3 Å². The topological polar surface area (TPSA) is 211 Å². The second-order valence-electron chi connectivity index (χ2n) is 12.6. The third-order valence-electron chi connectivity index (χ3n) is 8.16. The molecule has 0 amide bonds. The van der Waals surface area contributed by atoms with Crippen molar-refractivity contribution in [3.8, 4) is 6.07 Å². The van der Waals surface area contributed by atoms with Gasteiger partial charge < -0.3 is 11.5 Å². The highest BCUT2D eigenvalue weighted by atomic mass is 35.7. The summed E-state index contributed by atoms with van der Waals surface area (Å²) in [5.74, 6) is 0. The summed E-state index contributed by atoms with van der Waals surface area (Å²) in [7, 11) is -5.72. The molecule has 3 aromatic carbocycles. The highest BCUT2D eigenvalue weighted by Gasteiger charge is 2.14. The number of halogens is 1. The van der Waals surface area contributed by atoms with Crippen LogP contribution in [0.2, 0.25) is 0 Å². The van der Waals surface area contributed by atoms with Crippen LogP contribution in [0.15, 0.2) is 87.5 Å². The standard InChI is InChI=1S/C23H28N4O4S2.C9H22N2.C7H4ClNO2S/c1-25-21-11-15-23(16-12-21)33(30,31)27-18-8-6-4-2-3-5-7-17-26-32(28,29)22-13-9-20(19-24)10-14-22;10-8-6-4-2-1-3-5-7-9-11;1-9-6-2-4-7(5-3-6)12(8,10)11/h9-16,26-27H,2-8,17-18H2;1-11H2;2-5H. The molecular formula is C39H54ClN7O6S3. The molecular weight excluding hydrogens is 794 g/mol. The van der Waals surface area contributed by atoms with Crippen LogP contribution in [0.25, 0.3) is 9.69 Å². The molecule has 3 aromatic rings. The predicted molar refractivity (Wildman–Crippen MR) is 223 cm³/mol. The summed E-state index contributed by atoms with van der Waals surface area (Å²) in [4.78, 5) is 6.67. The minimum absolute atomic E-state index is 0.0107. The van der Waals surface area contributed by atoms with E-state index in [1.165, 1.54) is 118 Å². The van der Waals surface area contributed by atoms with Gasteiger partial charge in [-0.05, 0) is 63.0 Å². The van der Waals surface area contributed by atoms with Gasteiger partial charge in [0.1, 0.15) is 0 Å². The summed E-state index contributed by atoms with van der Waals surface area (Å²) in [6.07, 6.45) is 15.3. The number of rotatable bonds is 23. The maximum absolute atomic E-state index is 12.2. The molecule has 0 unspecified atom stereocenters. The Morgan fingerprint density at radius 3 is 1.12 bits per heavy atom.